The number of nitrogens with one attached hydrogen (secondary N) is 1. The number of hydrogen-bond donors (Lipinski definition) is 1. The van der Waals surface area contributed by atoms with Crippen LogP contribution in [0.25, 0.3) is 6.08 Å². The van der Waals surface area contributed by atoms with Crippen molar-refractivity contribution in [3.8, 4) is 5.75 Å². The third-order valence-electron chi connectivity index (χ3n) is 3.15. The van der Waals surface area contributed by atoms with E-state index in [0.29, 0.717) is 17.9 Å². The van der Waals surface area contributed by atoms with Crippen molar-refractivity contribution < 1.29 is 14.5 Å². The molecule has 6 nitrogen and oxygen atoms in total. The van der Waals surface area contributed by atoms with Gasteiger partial charge in [0.2, 0.25) is 5.91 Å². The Bertz CT molecular complexity index is 741. The van der Waals surface area contributed by atoms with E-state index in [1.807, 2.05) is 24.3 Å². The van der Waals surface area contributed by atoms with E-state index in [9.17, 15) is 14.9 Å². The maximum absolute atomic E-state index is 11.8. The second kappa shape index (κ2) is 7.74. The van der Waals surface area contributed by atoms with Crippen LogP contribution < -0.4 is 10.1 Å². The van der Waals surface area contributed by atoms with E-state index in [0.717, 1.165) is 5.56 Å². The molecule has 0 aromatic heterocycles. The van der Waals surface area contributed by atoms with Gasteiger partial charge in [-0.2, -0.15) is 0 Å². The number of amides is 1. The van der Waals surface area contributed by atoms with Gasteiger partial charge in [0.05, 0.1) is 12.0 Å². The molecule has 0 atom stereocenters. The van der Waals surface area contributed by atoms with Gasteiger partial charge >= 0.3 is 0 Å². The van der Waals surface area contributed by atoms with E-state index in [2.05, 4.69) is 5.32 Å². The molecule has 0 bridgehead atoms. The molecule has 2 rings (SSSR count). The molecular weight excluding hydrogens is 296 g/mol. The van der Waals surface area contributed by atoms with Crippen molar-refractivity contribution in [2.75, 3.05) is 7.11 Å². The van der Waals surface area contributed by atoms with Crippen LogP contribution in [-0.2, 0) is 11.3 Å². The number of non-ortho nitro benzene ring substituents is 1. The van der Waals surface area contributed by atoms with Crippen LogP contribution >= 0.6 is 0 Å². The number of nitro groups is 1. The molecule has 23 heavy (non-hydrogen) atoms. The van der Waals surface area contributed by atoms with Crippen LogP contribution in [0.3, 0.4) is 0 Å². The molecular formula is C17H16N2O4. The SMILES string of the molecule is COc1ccccc1CNC(=O)/C=C\c1cccc([N+](=O)[O-])c1. The van der Waals surface area contributed by atoms with E-state index >= 15 is 0 Å². The Hall–Kier alpha value is -3.15. The first-order chi connectivity index (χ1) is 11.1. The van der Waals surface area contributed by atoms with Crippen molar-refractivity contribution in [1.82, 2.24) is 5.32 Å². The highest BCUT2D eigenvalue weighted by Crippen LogP contribution is 2.17. The van der Waals surface area contributed by atoms with Crippen LogP contribution in [0.2, 0.25) is 0 Å². The summed E-state index contributed by atoms with van der Waals surface area (Å²) in [6.07, 6.45) is 2.87. The van der Waals surface area contributed by atoms with Crippen molar-refractivity contribution in [3.63, 3.8) is 0 Å². The third-order valence-corrected chi connectivity index (χ3v) is 3.15. The summed E-state index contributed by atoms with van der Waals surface area (Å²) in [5.41, 5.74) is 1.44. The number of para-hydroxylation sites is 1. The summed E-state index contributed by atoms with van der Waals surface area (Å²) in [4.78, 5) is 22.1. The van der Waals surface area contributed by atoms with Gasteiger partial charge < -0.3 is 10.1 Å². The summed E-state index contributed by atoms with van der Waals surface area (Å²) < 4.78 is 5.21. The van der Waals surface area contributed by atoms with E-state index in [1.54, 1.807) is 19.2 Å². The fourth-order valence-electron chi connectivity index (χ4n) is 2.00. The Morgan fingerprint density at radius 3 is 2.78 bits per heavy atom. The van der Waals surface area contributed by atoms with Gasteiger partial charge in [0.25, 0.3) is 5.69 Å². The highest BCUT2D eigenvalue weighted by Gasteiger charge is 2.05. The molecule has 0 saturated heterocycles. The number of nitro benzene ring substituents is 1. The van der Waals surface area contributed by atoms with E-state index < -0.39 is 4.92 Å². The van der Waals surface area contributed by atoms with Crippen LogP contribution in [0.4, 0.5) is 5.69 Å². The van der Waals surface area contributed by atoms with Gasteiger partial charge in [0, 0.05) is 30.3 Å². The maximum Gasteiger partial charge on any atom is 0.270 e. The molecule has 0 unspecified atom stereocenters. The summed E-state index contributed by atoms with van der Waals surface area (Å²) in [6, 6.07) is 13.5. The minimum Gasteiger partial charge on any atom is -0.496 e. The van der Waals surface area contributed by atoms with Crippen molar-refractivity contribution in [1.29, 1.82) is 0 Å². The Morgan fingerprint density at radius 2 is 2.04 bits per heavy atom. The molecule has 118 valence electrons. The first-order valence-corrected chi connectivity index (χ1v) is 6.92. The number of carbonyl (C=O) groups excluding carboxylic acids is 1. The van der Waals surface area contributed by atoms with E-state index in [4.69, 9.17) is 4.74 Å². The molecule has 0 aliphatic rings. The van der Waals surface area contributed by atoms with Crippen LogP contribution in [-0.4, -0.2) is 17.9 Å². The van der Waals surface area contributed by atoms with Crippen molar-refractivity contribution in [3.05, 3.63) is 75.8 Å². The Morgan fingerprint density at radius 1 is 1.26 bits per heavy atom. The number of methoxy groups -OCH3 is 1. The number of rotatable bonds is 6. The first-order valence-electron chi connectivity index (χ1n) is 6.92. The third kappa shape index (κ3) is 4.67. The molecule has 6 heteroatoms. The maximum atomic E-state index is 11.8. The Labute approximate surface area is 133 Å². The first kappa shape index (κ1) is 16.2. The van der Waals surface area contributed by atoms with Crippen LogP contribution in [0.15, 0.2) is 54.6 Å². The Kier molecular flexibility index (Phi) is 5.46. The Balaban J connectivity index is 1.97. The van der Waals surface area contributed by atoms with Crippen molar-refractivity contribution in [2.45, 2.75) is 6.54 Å². The molecule has 0 spiro atoms. The normalized spacial score (nSPS) is 10.5. The molecule has 0 aliphatic heterocycles. The summed E-state index contributed by atoms with van der Waals surface area (Å²) in [6.45, 7) is 0.335. The quantitative estimate of drug-likeness (QED) is 0.505. The van der Waals surface area contributed by atoms with Crippen molar-refractivity contribution >= 4 is 17.7 Å². The molecule has 0 radical (unpaired) electrons. The van der Waals surface area contributed by atoms with E-state index in [1.165, 1.54) is 24.3 Å². The van der Waals surface area contributed by atoms with Gasteiger partial charge in [-0.3, -0.25) is 14.9 Å². The highest BCUT2D eigenvalue weighted by atomic mass is 16.6. The van der Waals surface area contributed by atoms with Gasteiger partial charge in [-0.1, -0.05) is 30.3 Å². The highest BCUT2D eigenvalue weighted by molar-refractivity contribution is 5.91. The minimum absolute atomic E-state index is 0.0124. The number of carbonyl (C=O) groups is 1. The lowest BCUT2D eigenvalue weighted by molar-refractivity contribution is -0.384. The average Bonchev–Trinajstić information content (AvgIpc) is 2.58. The van der Waals surface area contributed by atoms with Gasteiger partial charge in [0.15, 0.2) is 0 Å². The van der Waals surface area contributed by atoms with Gasteiger partial charge in [-0.15, -0.1) is 0 Å². The van der Waals surface area contributed by atoms with Gasteiger partial charge in [-0.05, 0) is 17.7 Å². The smallest absolute Gasteiger partial charge is 0.270 e. The van der Waals surface area contributed by atoms with Crippen LogP contribution in [0.1, 0.15) is 11.1 Å². The second-order valence-corrected chi connectivity index (χ2v) is 4.72. The van der Waals surface area contributed by atoms with Crippen molar-refractivity contribution in [2.24, 2.45) is 0 Å². The zero-order chi connectivity index (χ0) is 16.7. The van der Waals surface area contributed by atoms with Gasteiger partial charge in [0.1, 0.15) is 5.75 Å². The minimum atomic E-state index is -0.473. The lowest BCUT2D eigenvalue weighted by Crippen LogP contribution is -2.20. The number of benzene rings is 2. The zero-order valence-corrected chi connectivity index (χ0v) is 12.6. The predicted octanol–water partition coefficient (Wildman–Crippen LogP) is 2.93. The number of nitrogens with zero attached hydrogens (tertiary/aromatic N) is 1. The molecule has 2 aromatic carbocycles. The fourth-order valence-corrected chi connectivity index (χ4v) is 2.00. The topological polar surface area (TPSA) is 81.5 Å². The monoisotopic (exact) mass is 312 g/mol. The summed E-state index contributed by atoms with van der Waals surface area (Å²) in [5.74, 6) is 0.415. The van der Waals surface area contributed by atoms with E-state index in [-0.39, 0.29) is 11.6 Å². The molecule has 0 heterocycles. The second-order valence-electron chi connectivity index (χ2n) is 4.72. The summed E-state index contributed by atoms with van der Waals surface area (Å²) >= 11 is 0. The van der Waals surface area contributed by atoms with Crippen LogP contribution in [0, 0.1) is 10.1 Å². The fraction of sp³-hybridized carbons (Fsp3) is 0.118. The summed E-state index contributed by atoms with van der Waals surface area (Å²) in [5, 5.41) is 13.4. The number of ether oxygens (including phenoxy) is 1. The lowest BCUT2D eigenvalue weighted by atomic mass is 10.2. The largest absolute Gasteiger partial charge is 0.496 e. The lowest BCUT2D eigenvalue weighted by Gasteiger charge is -2.08. The molecule has 1 N–H and O–H groups in total. The molecule has 0 aliphatic carbocycles. The molecule has 0 fully saturated rings. The molecule has 1 amide bonds. The zero-order valence-electron chi connectivity index (χ0n) is 12.6. The molecule has 2 aromatic rings. The standard InChI is InChI=1S/C17H16N2O4/c1-23-16-8-3-2-6-14(16)12-18-17(20)10-9-13-5-4-7-15(11-13)19(21)22/h2-11H,12H2,1H3,(H,18,20)/b10-9-. The van der Waals surface area contributed by atoms with Crippen LogP contribution in [0.5, 0.6) is 5.75 Å². The number of hydrogen-bond acceptors (Lipinski definition) is 4. The predicted molar refractivity (Wildman–Crippen MR) is 87.0 cm³/mol. The average molecular weight is 312 g/mol. The van der Waals surface area contributed by atoms with Gasteiger partial charge in [-0.25, -0.2) is 0 Å². The summed E-state index contributed by atoms with van der Waals surface area (Å²) in [7, 11) is 1.57. The molecule has 0 saturated carbocycles.